The first-order valence-corrected chi connectivity index (χ1v) is 7.66. The molecule has 1 aromatic heterocycles. The fraction of sp³-hybridized carbons (Fsp3) is 0.750. The zero-order valence-electron chi connectivity index (χ0n) is 10.3. The summed E-state index contributed by atoms with van der Waals surface area (Å²) in [5.41, 5.74) is 2.43. The van der Waals surface area contributed by atoms with Crippen LogP contribution in [0.15, 0.2) is 4.47 Å². The van der Waals surface area contributed by atoms with Crippen LogP contribution in [0.1, 0.15) is 44.5 Å². The first-order valence-electron chi connectivity index (χ1n) is 5.95. The zero-order valence-corrected chi connectivity index (χ0v) is 13.4. The van der Waals surface area contributed by atoms with Crippen LogP contribution in [0.5, 0.6) is 0 Å². The molecule has 0 aliphatic rings. The lowest BCUT2D eigenvalue weighted by Crippen LogP contribution is -2.06. The molecular formula is C12H20Br2N2. The van der Waals surface area contributed by atoms with E-state index in [0.717, 1.165) is 18.7 Å². The van der Waals surface area contributed by atoms with E-state index in [1.807, 2.05) is 0 Å². The molecule has 0 bridgehead atoms. The maximum atomic E-state index is 4.51. The molecule has 1 atom stereocenters. The molecule has 0 saturated heterocycles. The summed E-state index contributed by atoms with van der Waals surface area (Å²) in [6.45, 7) is 7.37. The van der Waals surface area contributed by atoms with E-state index in [0.29, 0.717) is 4.83 Å². The van der Waals surface area contributed by atoms with Crippen LogP contribution in [0, 0.1) is 6.92 Å². The van der Waals surface area contributed by atoms with Crippen molar-refractivity contribution in [3.63, 3.8) is 0 Å². The minimum absolute atomic E-state index is 0.630. The molecule has 1 heterocycles. The molecule has 1 aromatic rings. The number of aromatic nitrogens is 2. The molecule has 0 radical (unpaired) electrons. The van der Waals surface area contributed by atoms with Crippen LogP contribution in [0.3, 0.4) is 0 Å². The summed E-state index contributed by atoms with van der Waals surface area (Å²) in [6, 6.07) is 0. The fourth-order valence-corrected chi connectivity index (χ4v) is 3.03. The van der Waals surface area contributed by atoms with Crippen LogP contribution < -0.4 is 0 Å². The average molecular weight is 352 g/mol. The van der Waals surface area contributed by atoms with Gasteiger partial charge in [-0.05, 0) is 49.0 Å². The Labute approximate surface area is 115 Å². The Morgan fingerprint density at radius 3 is 2.56 bits per heavy atom. The third kappa shape index (κ3) is 3.59. The summed E-state index contributed by atoms with van der Waals surface area (Å²) in [5.74, 6) is 0. The largest absolute Gasteiger partial charge is 0.268 e. The van der Waals surface area contributed by atoms with Gasteiger partial charge in [0.1, 0.15) is 0 Å². The molecule has 4 heteroatoms. The van der Waals surface area contributed by atoms with Crippen molar-refractivity contribution in [2.24, 2.45) is 0 Å². The Morgan fingerprint density at radius 1 is 1.31 bits per heavy atom. The number of alkyl halides is 1. The fourth-order valence-electron chi connectivity index (χ4n) is 1.86. The van der Waals surface area contributed by atoms with Crippen molar-refractivity contribution in [3.05, 3.63) is 15.9 Å². The van der Waals surface area contributed by atoms with Crippen LogP contribution >= 0.6 is 31.9 Å². The average Bonchev–Trinajstić information content (AvgIpc) is 2.53. The minimum Gasteiger partial charge on any atom is -0.268 e. The number of aryl methyl sites for hydroxylation is 2. The van der Waals surface area contributed by atoms with Gasteiger partial charge in [0.15, 0.2) is 0 Å². The van der Waals surface area contributed by atoms with Gasteiger partial charge in [0, 0.05) is 11.4 Å². The van der Waals surface area contributed by atoms with E-state index in [2.05, 4.69) is 62.4 Å². The van der Waals surface area contributed by atoms with Crippen LogP contribution in [0.25, 0.3) is 0 Å². The predicted octanol–water partition coefficient (Wildman–Crippen LogP) is 4.47. The standard InChI is InChI=1S/C12H20Br2N2/c1-4-6-10(13)7-8-11-12(14)9(3)15-16(11)5-2/h10H,4-8H2,1-3H3. The highest BCUT2D eigenvalue weighted by molar-refractivity contribution is 9.10. The molecule has 0 spiro atoms. The molecule has 0 N–H and O–H groups in total. The molecule has 0 fully saturated rings. The second kappa shape index (κ2) is 6.80. The topological polar surface area (TPSA) is 17.8 Å². The zero-order chi connectivity index (χ0) is 12.1. The van der Waals surface area contributed by atoms with E-state index < -0.39 is 0 Å². The Morgan fingerprint density at radius 2 is 2.00 bits per heavy atom. The Hall–Kier alpha value is 0.170. The van der Waals surface area contributed by atoms with Crippen molar-refractivity contribution in [1.82, 2.24) is 9.78 Å². The highest BCUT2D eigenvalue weighted by atomic mass is 79.9. The van der Waals surface area contributed by atoms with Crippen LogP contribution in [-0.4, -0.2) is 14.6 Å². The van der Waals surface area contributed by atoms with Crippen molar-refractivity contribution in [2.45, 2.75) is 57.8 Å². The third-order valence-electron chi connectivity index (χ3n) is 2.75. The number of hydrogen-bond acceptors (Lipinski definition) is 1. The second-order valence-corrected chi connectivity index (χ2v) is 6.17. The van der Waals surface area contributed by atoms with Gasteiger partial charge in [-0.1, -0.05) is 29.3 Å². The van der Waals surface area contributed by atoms with Gasteiger partial charge in [0.25, 0.3) is 0 Å². The molecule has 0 saturated carbocycles. The molecule has 2 nitrogen and oxygen atoms in total. The summed E-state index contributed by atoms with van der Waals surface area (Å²) >= 11 is 7.36. The lowest BCUT2D eigenvalue weighted by atomic mass is 10.1. The molecule has 16 heavy (non-hydrogen) atoms. The minimum atomic E-state index is 0.630. The summed E-state index contributed by atoms with van der Waals surface area (Å²) in [5, 5.41) is 4.51. The summed E-state index contributed by atoms with van der Waals surface area (Å²) < 4.78 is 3.29. The normalized spacial score (nSPS) is 13.1. The Balaban J connectivity index is 2.65. The van der Waals surface area contributed by atoms with Gasteiger partial charge in [-0.3, -0.25) is 4.68 Å². The highest BCUT2D eigenvalue weighted by Gasteiger charge is 2.13. The van der Waals surface area contributed by atoms with E-state index in [1.54, 1.807) is 0 Å². The monoisotopic (exact) mass is 350 g/mol. The van der Waals surface area contributed by atoms with E-state index in [4.69, 9.17) is 0 Å². The SMILES string of the molecule is CCCC(Br)CCc1c(Br)c(C)nn1CC. The van der Waals surface area contributed by atoms with Gasteiger partial charge < -0.3 is 0 Å². The first kappa shape index (κ1) is 14.2. The summed E-state index contributed by atoms with van der Waals surface area (Å²) in [7, 11) is 0. The maximum Gasteiger partial charge on any atom is 0.0738 e. The van der Waals surface area contributed by atoms with E-state index in [9.17, 15) is 0 Å². The Bertz CT molecular complexity index is 334. The summed E-state index contributed by atoms with van der Waals surface area (Å²) in [6.07, 6.45) is 4.75. The van der Waals surface area contributed by atoms with Crippen molar-refractivity contribution in [3.8, 4) is 0 Å². The van der Waals surface area contributed by atoms with E-state index in [1.165, 1.54) is 29.4 Å². The van der Waals surface area contributed by atoms with Crippen molar-refractivity contribution in [1.29, 1.82) is 0 Å². The lowest BCUT2D eigenvalue weighted by Gasteiger charge is -2.09. The molecule has 0 aliphatic carbocycles. The summed E-state index contributed by atoms with van der Waals surface area (Å²) in [4.78, 5) is 0.630. The van der Waals surface area contributed by atoms with E-state index in [-0.39, 0.29) is 0 Å². The van der Waals surface area contributed by atoms with Crippen molar-refractivity contribution in [2.75, 3.05) is 0 Å². The van der Waals surface area contributed by atoms with E-state index >= 15 is 0 Å². The number of hydrogen-bond donors (Lipinski definition) is 0. The van der Waals surface area contributed by atoms with Crippen molar-refractivity contribution >= 4 is 31.9 Å². The molecule has 0 amide bonds. The van der Waals surface area contributed by atoms with Gasteiger partial charge in [0.2, 0.25) is 0 Å². The predicted molar refractivity (Wildman–Crippen MR) is 76.3 cm³/mol. The molecule has 1 unspecified atom stereocenters. The van der Waals surface area contributed by atoms with Gasteiger partial charge in [-0.2, -0.15) is 5.10 Å². The van der Waals surface area contributed by atoms with Gasteiger partial charge in [-0.25, -0.2) is 0 Å². The maximum absolute atomic E-state index is 4.51. The number of nitrogens with zero attached hydrogens (tertiary/aromatic N) is 2. The first-order chi connectivity index (χ1) is 7.60. The molecule has 92 valence electrons. The molecular weight excluding hydrogens is 332 g/mol. The third-order valence-corrected chi connectivity index (χ3v) is 4.70. The molecule has 0 aromatic carbocycles. The Kier molecular flexibility index (Phi) is 6.05. The van der Waals surface area contributed by atoms with Crippen LogP contribution in [-0.2, 0) is 13.0 Å². The van der Waals surface area contributed by atoms with Crippen LogP contribution in [0.4, 0.5) is 0 Å². The van der Waals surface area contributed by atoms with Crippen molar-refractivity contribution < 1.29 is 0 Å². The van der Waals surface area contributed by atoms with Gasteiger partial charge >= 0.3 is 0 Å². The van der Waals surface area contributed by atoms with Gasteiger partial charge in [0.05, 0.1) is 15.9 Å². The molecule has 0 aliphatic heterocycles. The smallest absolute Gasteiger partial charge is 0.0738 e. The molecule has 1 rings (SSSR count). The number of rotatable bonds is 6. The van der Waals surface area contributed by atoms with Gasteiger partial charge in [-0.15, -0.1) is 0 Å². The quantitative estimate of drug-likeness (QED) is 0.691. The second-order valence-electron chi connectivity index (χ2n) is 4.09. The van der Waals surface area contributed by atoms with Crippen LogP contribution in [0.2, 0.25) is 0 Å². The lowest BCUT2D eigenvalue weighted by molar-refractivity contribution is 0.594. The number of halogens is 2. The highest BCUT2D eigenvalue weighted by Crippen LogP contribution is 2.24.